The molecule has 0 aromatic heterocycles. The van der Waals surface area contributed by atoms with Crippen molar-refractivity contribution in [2.75, 3.05) is 0 Å². The molecule has 0 aliphatic heterocycles. The van der Waals surface area contributed by atoms with Crippen LogP contribution in [0.4, 0.5) is 0 Å². The summed E-state index contributed by atoms with van der Waals surface area (Å²) in [5.74, 6) is 0. The molecule has 0 saturated carbocycles. The average Bonchev–Trinajstić information content (AvgIpc) is 3.46. The molecule has 6 heteroatoms. The monoisotopic (exact) mass is 696 g/mol. The molecule has 40 heavy (non-hydrogen) atoms. The molecule has 0 saturated heterocycles. The summed E-state index contributed by atoms with van der Waals surface area (Å²) < 4.78 is 0.101. The molecule has 6 rings (SSSR count). The maximum absolute atomic E-state index is 8.33. The Bertz CT molecular complexity index is 1680. The summed E-state index contributed by atoms with van der Waals surface area (Å²) in [5, 5.41) is 1.47. The molecule has 2 atom stereocenters. The van der Waals surface area contributed by atoms with Crippen LogP contribution in [-0.4, -0.2) is 5.43 Å². The van der Waals surface area contributed by atoms with Gasteiger partial charge in [-0.1, -0.05) is 0 Å². The fourth-order valence-corrected chi connectivity index (χ4v) is 37.7. The second-order valence-corrected chi connectivity index (χ2v) is 51.1. The molecule has 2 aliphatic carbocycles. The minimum atomic E-state index is -4.73. The average molecular weight is 700 g/mol. The summed E-state index contributed by atoms with van der Waals surface area (Å²) in [6.07, 6.45) is 4.68. The molecule has 202 valence electrons. The molecule has 2 aliphatic rings. The van der Waals surface area contributed by atoms with Crippen molar-refractivity contribution in [3.8, 4) is 22.3 Å². The van der Waals surface area contributed by atoms with Gasteiger partial charge in [-0.05, 0) is 0 Å². The van der Waals surface area contributed by atoms with E-state index in [2.05, 4.69) is 99.8 Å². The van der Waals surface area contributed by atoms with Crippen LogP contribution < -0.4 is 0 Å². The van der Waals surface area contributed by atoms with Gasteiger partial charge in [0.2, 0.25) is 0 Å². The van der Waals surface area contributed by atoms with Crippen LogP contribution in [0.2, 0.25) is 23.1 Å². The maximum atomic E-state index is 8.33. The van der Waals surface area contributed by atoms with Crippen LogP contribution >= 0.6 is 40.2 Å². The van der Waals surface area contributed by atoms with E-state index in [1.165, 1.54) is 44.5 Å². The Balaban J connectivity index is 1.56. The van der Waals surface area contributed by atoms with Gasteiger partial charge < -0.3 is 0 Å². The van der Waals surface area contributed by atoms with Gasteiger partial charge in [-0.3, -0.25) is 0 Å². The fourth-order valence-electron chi connectivity index (χ4n) is 7.02. The van der Waals surface area contributed by atoms with Crippen LogP contribution in [0.3, 0.4) is 0 Å². The molecule has 0 N–H and O–H groups in total. The quantitative estimate of drug-likeness (QED) is 0.186. The van der Waals surface area contributed by atoms with Gasteiger partial charge in [-0.2, -0.15) is 0 Å². The van der Waals surface area contributed by atoms with Crippen molar-refractivity contribution in [1.29, 1.82) is 0 Å². The van der Waals surface area contributed by atoms with Crippen LogP contribution in [0.1, 0.15) is 43.4 Å². The number of allylic oxidation sites excluding steroid dienone is 2. The Labute approximate surface area is 255 Å². The predicted molar refractivity (Wildman–Crippen MR) is 176 cm³/mol. The predicted octanol–water partition coefficient (Wildman–Crippen LogP) is 12.2. The van der Waals surface area contributed by atoms with Crippen LogP contribution in [-0.2, 0) is 15.0 Å². The summed E-state index contributed by atoms with van der Waals surface area (Å²) in [6.45, 7) is 9.16. The Morgan fingerprint density at radius 1 is 0.575 bits per heavy atom. The van der Waals surface area contributed by atoms with Crippen molar-refractivity contribution in [2.45, 2.75) is 34.2 Å². The molecule has 2 unspecified atom stereocenters. The zero-order chi connectivity index (χ0) is 28.4. The standard InChI is InChI=1S/2C16H12Cl.C2H6Si.2ClH.Zr/c2*1-11-9-13-3-2-4-15(16(13)10-11)12-5-7-14(17)8-6-12;1-3-2;;;/h2*2-10H,1H3;1-2H3;2*1H;/q;;;;;+2/p-2. The number of rotatable bonds is 4. The summed E-state index contributed by atoms with van der Waals surface area (Å²) in [5.41, 5.74) is 11.2. The first-order chi connectivity index (χ1) is 19.0. The van der Waals surface area contributed by atoms with Crippen molar-refractivity contribution in [1.82, 2.24) is 0 Å². The molecule has 0 spiro atoms. The van der Waals surface area contributed by atoms with E-state index in [1.54, 1.807) is 0 Å². The second-order valence-electron chi connectivity index (χ2n) is 11.4. The first kappa shape index (κ1) is 28.7. The minimum absolute atomic E-state index is 0.0504. The van der Waals surface area contributed by atoms with E-state index in [1.807, 2.05) is 24.3 Å². The van der Waals surface area contributed by atoms with Crippen molar-refractivity contribution in [3.05, 3.63) is 128 Å². The molecule has 0 nitrogen and oxygen atoms in total. The van der Waals surface area contributed by atoms with Gasteiger partial charge in [0.25, 0.3) is 0 Å². The zero-order valence-corrected chi connectivity index (χ0v) is 29.4. The molecule has 0 heterocycles. The fraction of sp³-hybridized carbons (Fsp3) is 0.176. The molecular formula is C34H30Cl4SiZr. The summed E-state index contributed by atoms with van der Waals surface area (Å²) in [6, 6.07) is 29.4. The van der Waals surface area contributed by atoms with E-state index in [-0.39, 0.29) is 7.25 Å². The molecule has 0 bridgehead atoms. The van der Waals surface area contributed by atoms with Crippen molar-refractivity contribution < 1.29 is 15.0 Å². The van der Waals surface area contributed by atoms with E-state index < -0.39 is 20.4 Å². The first-order valence-electron chi connectivity index (χ1n) is 13.5. The normalized spacial score (nSPS) is 18.2. The zero-order valence-electron chi connectivity index (χ0n) is 22.9. The SMILES string of the molecule is CC1=Cc2c(-c3ccc(Cl)cc3)cccc2[CH]1[Zr]([Cl])([Cl])([CH]1C(C)=Cc2c(-c3ccc(Cl)cc3)cccc21)=[Si](C)C. The van der Waals surface area contributed by atoms with Crippen molar-refractivity contribution in [3.63, 3.8) is 0 Å². The molecule has 4 aromatic rings. The number of hydrogen-bond acceptors (Lipinski definition) is 0. The van der Waals surface area contributed by atoms with E-state index in [9.17, 15) is 0 Å². The molecular weight excluding hydrogens is 669 g/mol. The number of hydrogen-bond donors (Lipinski definition) is 0. The van der Waals surface area contributed by atoms with Crippen LogP contribution in [0.15, 0.2) is 96.1 Å². The molecule has 0 fully saturated rings. The summed E-state index contributed by atoms with van der Waals surface area (Å²) in [7, 11) is 16.7. The van der Waals surface area contributed by atoms with Gasteiger partial charge in [-0.15, -0.1) is 0 Å². The van der Waals surface area contributed by atoms with Gasteiger partial charge >= 0.3 is 258 Å². The second kappa shape index (κ2) is 10.4. The number of benzene rings is 4. The van der Waals surface area contributed by atoms with Gasteiger partial charge in [0, 0.05) is 0 Å². The van der Waals surface area contributed by atoms with E-state index in [0.717, 1.165) is 21.2 Å². The number of fused-ring (bicyclic) bond motifs is 2. The van der Waals surface area contributed by atoms with Crippen LogP contribution in [0, 0.1) is 0 Å². The van der Waals surface area contributed by atoms with Gasteiger partial charge in [-0.25, -0.2) is 0 Å². The van der Waals surface area contributed by atoms with Crippen LogP contribution in [0.5, 0.6) is 0 Å². The summed E-state index contributed by atoms with van der Waals surface area (Å²) >= 11 is 7.69. The van der Waals surface area contributed by atoms with E-state index >= 15 is 0 Å². The number of halogens is 4. The van der Waals surface area contributed by atoms with Gasteiger partial charge in [0.05, 0.1) is 0 Å². The third kappa shape index (κ3) is 4.41. The Hall–Kier alpha value is -1.38. The Morgan fingerprint density at radius 3 is 1.30 bits per heavy atom. The van der Waals surface area contributed by atoms with E-state index in [0.29, 0.717) is 0 Å². The van der Waals surface area contributed by atoms with Crippen molar-refractivity contribution in [2.24, 2.45) is 0 Å². The molecule has 0 radical (unpaired) electrons. The first-order valence-corrected chi connectivity index (χ1v) is 29.6. The van der Waals surface area contributed by atoms with E-state index in [4.69, 9.17) is 40.2 Å². The third-order valence-corrected chi connectivity index (χ3v) is 56.4. The third-order valence-electron chi connectivity index (χ3n) is 8.88. The van der Waals surface area contributed by atoms with Crippen molar-refractivity contribution >= 4 is 57.8 Å². The van der Waals surface area contributed by atoms with Crippen LogP contribution in [0.25, 0.3) is 34.4 Å². The summed E-state index contributed by atoms with van der Waals surface area (Å²) in [4.78, 5) is 0. The van der Waals surface area contributed by atoms with Gasteiger partial charge in [0.15, 0.2) is 0 Å². The molecule has 4 aromatic carbocycles. The molecule has 0 amide bonds. The topological polar surface area (TPSA) is 0 Å². The Morgan fingerprint density at radius 2 is 0.950 bits per heavy atom. The Kier molecular flexibility index (Phi) is 7.47. The van der Waals surface area contributed by atoms with Gasteiger partial charge in [0.1, 0.15) is 0 Å².